The third-order valence-corrected chi connectivity index (χ3v) is 3.52. The lowest BCUT2D eigenvalue weighted by atomic mass is 10.1. The smallest absolute Gasteiger partial charge is 0.337 e. The van der Waals surface area contributed by atoms with E-state index < -0.39 is 17.7 Å². The minimum atomic E-state index is -1.36. The molecule has 0 bridgehead atoms. The molecule has 0 radical (unpaired) electrons. The highest BCUT2D eigenvalue weighted by Crippen LogP contribution is 2.25. The average molecular weight is 362 g/mol. The van der Waals surface area contributed by atoms with Crippen molar-refractivity contribution in [3.8, 4) is 11.3 Å². The first-order chi connectivity index (χ1) is 12.0. The lowest BCUT2D eigenvalue weighted by Gasteiger charge is -2.09. The number of aromatic amines is 1. The standard InChI is InChI=1S/C15H9ClFN5O3/c16-9-3-8(15(24)25)13(4-10(9)17)20-14(23)12-2-1-11(21-22-12)7-5-18-19-6-7/h1-6H,(H,18,19)(H,20,23)(H,24,25). The molecule has 126 valence electrons. The number of carboxylic acids is 1. The van der Waals surface area contributed by atoms with Crippen LogP contribution in [0.1, 0.15) is 20.8 Å². The minimum absolute atomic E-state index is 0.0704. The lowest BCUT2D eigenvalue weighted by molar-refractivity contribution is 0.0698. The van der Waals surface area contributed by atoms with Crippen molar-refractivity contribution in [1.82, 2.24) is 20.4 Å². The zero-order valence-corrected chi connectivity index (χ0v) is 13.1. The number of rotatable bonds is 4. The number of halogens is 2. The van der Waals surface area contributed by atoms with Gasteiger partial charge in [-0.1, -0.05) is 11.6 Å². The van der Waals surface area contributed by atoms with Crippen LogP contribution in [0.15, 0.2) is 36.7 Å². The Kier molecular flexibility index (Phi) is 4.40. The number of anilines is 1. The molecule has 0 atom stereocenters. The van der Waals surface area contributed by atoms with E-state index in [1.165, 1.54) is 6.07 Å². The summed E-state index contributed by atoms with van der Waals surface area (Å²) in [4.78, 5) is 23.4. The summed E-state index contributed by atoms with van der Waals surface area (Å²) in [6.07, 6.45) is 3.15. The van der Waals surface area contributed by atoms with Crippen LogP contribution in [0, 0.1) is 5.82 Å². The van der Waals surface area contributed by atoms with E-state index in [4.69, 9.17) is 16.7 Å². The second-order valence-corrected chi connectivity index (χ2v) is 5.27. The number of carbonyl (C=O) groups is 2. The summed E-state index contributed by atoms with van der Waals surface area (Å²) < 4.78 is 13.6. The number of H-pyrrole nitrogens is 1. The van der Waals surface area contributed by atoms with Crippen molar-refractivity contribution in [2.24, 2.45) is 0 Å². The number of nitrogens with zero attached hydrogens (tertiary/aromatic N) is 3. The maximum Gasteiger partial charge on any atom is 0.337 e. The number of carbonyl (C=O) groups excluding carboxylic acids is 1. The quantitative estimate of drug-likeness (QED) is 0.656. The zero-order valence-electron chi connectivity index (χ0n) is 12.3. The van der Waals surface area contributed by atoms with Gasteiger partial charge in [-0.05, 0) is 24.3 Å². The molecular weight excluding hydrogens is 353 g/mol. The first kappa shape index (κ1) is 16.5. The molecule has 1 aromatic carbocycles. The Balaban J connectivity index is 1.85. The van der Waals surface area contributed by atoms with Crippen molar-refractivity contribution in [3.05, 3.63) is 58.8 Å². The maximum absolute atomic E-state index is 13.6. The first-order valence-electron chi connectivity index (χ1n) is 6.82. The highest BCUT2D eigenvalue weighted by atomic mass is 35.5. The van der Waals surface area contributed by atoms with E-state index in [-0.39, 0.29) is 22.0 Å². The summed E-state index contributed by atoms with van der Waals surface area (Å²) in [6.45, 7) is 0. The molecule has 2 aromatic heterocycles. The van der Waals surface area contributed by atoms with Gasteiger partial charge in [-0.25, -0.2) is 9.18 Å². The predicted octanol–water partition coefficient (Wildman–Crippen LogP) is 2.61. The molecule has 0 spiro atoms. The van der Waals surface area contributed by atoms with Gasteiger partial charge < -0.3 is 10.4 Å². The van der Waals surface area contributed by atoms with Crippen molar-refractivity contribution in [3.63, 3.8) is 0 Å². The number of nitrogens with one attached hydrogen (secondary N) is 2. The van der Waals surface area contributed by atoms with Gasteiger partial charge in [0, 0.05) is 11.8 Å². The van der Waals surface area contributed by atoms with Crippen molar-refractivity contribution in [2.75, 3.05) is 5.32 Å². The number of hydrogen-bond donors (Lipinski definition) is 3. The van der Waals surface area contributed by atoms with Crippen LogP contribution in [0.2, 0.25) is 5.02 Å². The Morgan fingerprint density at radius 1 is 1.24 bits per heavy atom. The van der Waals surface area contributed by atoms with Crippen LogP contribution < -0.4 is 5.32 Å². The van der Waals surface area contributed by atoms with Gasteiger partial charge in [0.1, 0.15) is 5.82 Å². The molecule has 1 amide bonds. The van der Waals surface area contributed by atoms with Gasteiger partial charge in [-0.3, -0.25) is 9.89 Å². The van der Waals surface area contributed by atoms with E-state index in [0.29, 0.717) is 11.3 Å². The van der Waals surface area contributed by atoms with Crippen LogP contribution >= 0.6 is 11.6 Å². The second-order valence-electron chi connectivity index (χ2n) is 4.86. The largest absolute Gasteiger partial charge is 0.478 e. The van der Waals surface area contributed by atoms with E-state index in [0.717, 1.165) is 12.1 Å². The third-order valence-electron chi connectivity index (χ3n) is 3.23. The van der Waals surface area contributed by atoms with Gasteiger partial charge in [0.05, 0.1) is 28.2 Å². The maximum atomic E-state index is 13.6. The van der Waals surface area contributed by atoms with E-state index >= 15 is 0 Å². The molecule has 0 saturated heterocycles. The fourth-order valence-corrected chi connectivity index (χ4v) is 2.18. The molecule has 3 rings (SSSR count). The summed E-state index contributed by atoms with van der Waals surface area (Å²) >= 11 is 5.57. The Bertz CT molecular complexity index is 945. The molecule has 3 N–H and O–H groups in total. The molecule has 10 heteroatoms. The van der Waals surface area contributed by atoms with Crippen LogP contribution in [0.5, 0.6) is 0 Å². The van der Waals surface area contributed by atoms with Gasteiger partial charge in [0.25, 0.3) is 5.91 Å². The van der Waals surface area contributed by atoms with Gasteiger partial charge >= 0.3 is 5.97 Å². The summed E-state index contributed by atoms with van der Waals surface area (Å²) in [6, 6.07) is 4.70. The molecule has 0 fully saturated rings. The number of amides is 1. The fraction of sp³-hybridized carbons (Fsp3) is 0. The SMILES string of the molecule is O=C(Nc1cc(F)c(Cl)cc1C(=O)O)c1ccc(-c2cn[nH]c2)nn1. The molecule has 0 aliphatic rings. The predicted molar refractivity (Wildman–Crippen MR) is 85.9 cm³/mol. The van der Waals surface area contributed by atoms with E-state index in [1.807, 2.05) is 0 Å². The molecule has 25 heavy (non-hydrogen) atoms. The van der Waals surface area contributed by atoms with Crippen LogP contribution in [0.4, 0.5) is 10.1 Å². The van der Waals surface area contributed by atoms with Crippen molar-refractivity contribution < 1.29 is 19.1 Å². The molecule has 0 saturated carbocycles. The molecule has 0 aliphatic heterocycles. The topological polar surface area (TPSA) is 121 Å². The van der Waals surface area contributed by atoms with Gasteiger partial charge in [0.15, 0.2) is 5.69 Å². The van der Waals surface area contributed by atoms with Gasteiger partial charge in [-0.2, -0.15) is 5.10 Å². The molecule has 0 aliphatic carbocycles. The number of benzene rings is 1. The summed E-state index contributed by atoms with van der Waals surface area (Å²) in [5, 5.41) is 25.1. The molecule has 2 heterocycles. The van der Waals surface area contributed by atoms with Gasteiger partial charge in [-0.15, -0.1) is 10.2 Å². The summed E-state index contributed by atoms with van der Waals surface area (Å²) in [5.74, 6) is -2.96. The molecule has 8 nitrogen and oxygen atoms in total. The minimum Gasteiger partial charge on any atom is -0.478 e. The van der Waals surface area contributed by atoms with Crippen LogP contribution in [0.25, 0.3) is 11.3 Å². The fourth-order valence-electron chi connectivity index (χ4n) is 2.01. The Morgan fingerprint density at radius 2 is 2.04 bits per heavy atom. The highest BCUT2D eigenvalue weighted by Gasteiger charge is 2.18. The lowest BCUT2D eigenvalue weighted by Crippen LogP contribution is -2.17. The third kappa shape index (κ3) is 3.45. The Hall–Kier alpha value is -3.33. The number of aromatic carboxylic acids is 1. The van der Waals surface area contributed by atoms with E-state index in [1.54, 1.807) is 18.5 Å². The van der Waals surface area contributed by atoms with Gasteiger partial charge in [0.2, 0.25) is 0 Å². The van der Waals surface area contributed by atoms with Crippen molar-refractivity contribution in [1.29, 1.82) is 0 Å². The monoisotopic (exact) mass is 361 g/mol. The van der Waals surface area contributed by atoms with Crippen molar-refractivity contribution >= 4 is 29.2 Å². The molecular formula is C15H9ClFN5O3. The summed E-state index contributed by atoms with van der Waals surface area (Å²) in [5.41, 5.74) is 0.531. The number of hydrogen-bond acceptors (Lipinski definition) is 5. The Labute approximate surface area is 144 Å². The summed E-state index contributed by atoms with van der Waals surface area (Å²) in [7, 11) is 0. The van der Waals surface area contributed by atoms with E-state index in [9.17, 15) is 14.0 Å². The number of aromatic nitrogens is 4. The molecule has 0 unspecified atom stereocenters. The second kappa shape index (κ2) is 6.65. The first-order valence-corrected chi connectivity index (χ1v) is 7.20. The van der Waals surface area contributed by atoms with E-state index in [2.05, 4.69) is 25.7 Å². The normalized spacial score (nSPS) is 10.5. The number of carboxylic acid groups (broad SMARTS) is 1. The Morgan fingerprint density at radius 3 is 2.64 bits per heavy atom. The van der Waals surface area contributed by atoms with Crippen LogP contribution in [-0.4, -0.2) is 37.4 Å². The van der Waals surface area contributed by atoms with Crippen molar-refractivity contribution in [2.45, 2.75) is 0 Å². The van der Waals surface area contributed by atoms with Crippen LogP contribution in [0.3, 0.4) is 0 Å². The highest BCUT2D eigenvalue weighted by molar-refractivity contribution is 6.31. The molecule has 3 aromatic rings. The van der Waals surface area contributed by atoms with Crippen LogP contribution in [-0.2, 0) is 0 Å². The average Bonchev–Trinajstić information content (AvgIpc) is 3.12. The zero-order chi connectivity index (χ0) is 18.0.